The molecule has 2 nitrogen and oxygen atoms in total. The van der Waals surface area contributed by atoms with Crippen LogP contribution in [0.5, 0.6) is 0 Å². The van der Waals surface area contributed by atoms with Crippen LogP contribution in [0.3, 0.4) is 0 Å². The third kappa shape index (κ3) is 0.718. The van der Waals surface area contributed by atoms with Crippen LogP contribution >= 0.6 is 0 Å². The van der Waals surface area contributed by atoms with Crippen LogP contribution in [-0.4, -0.2) is 25.7 Å². The van der Waals surface area contributed by atoms with Crippen LogP contribution in [0.25, 0.3) is 0 Å². The Labute approximate surface area is 49.6 Å². The molecule has 1 aliphatic heterocycles. The Morgan fingerprint density at radius 3 is 2.00 bits per heavy atom. The molecular formula is C4H5F3O2. The van der Waals surface area contributed by atoms with E-state index >= 15 is 0 Å². The Morgan fingerprint density at radius 2 is 2.00 bits per heavy atom. The van der Waals surface area contributed by atoms with E-state index in [1.807, 2.05) is 0 Å². The van der Waals surface area contributed by atoms with Crippen LogP contribution in [0.2, 0.25) is 0 Å². The highest BCUT2D eigenvalue weighted by Crippen LogP contribution is 2.43. The molecule has 0 spiro atoms. The summed E-state index contributed by atoms with van der Waals surface area (Å²) in [5.41, 5.74) is 0. The molecule has 0 aliphatic carbocycles. The van der Waals surface area contributed by atoms with Gasteiger partial charge in [-0.05, 0) is 0 Å². The Bertz CT molecular complexity index is 123. The fourth-order valence-corrected chi connectivity index (χ4v) is 0.503. The van der Waals surface area contributed by atoms with E-state index in [0.29, 0.717) is 0 Å². The first kappa shape index (κ1) is 6.82. The van der Waals surface area contributed by atoms with Crippen molar-refractivity contribution in [3.63, 3.8) is 0 Å². The van der Waals surface area contributed by atoms with Crippen molar-refractivity contribution in [3.05, 3.63) is 0 Å². The lowest BCUT2D eigenvalue weighted by Gasteiger charge is -2.39. The molecule has 0 bridgehead atoms. The normalized spacial score (nSPS) is 40.0. The summed E-state index contributed by atoms with van der Waals surface area (Å²) >= 11 is 0. The number of hydrogen-bond acceptors (Lipinski definition) is 2. The average Bonchev–Trinajstić information content (AvgIpc) is 1.84. The van der Waals surface area contributed by atoms with Crippen LogP contribution in [0.4, 0.5) is 13.2 Å². The lowest BCUT2D eigenvalue weighted by Crippen LogP contribution is -2.61. The summed E-state index contributed by atoms with van der Waals surface area (Å²) < 4.78 is 43.7. The summed E-state index contributed by atoms with van der Waals surface area (Å²) in [5, 5.41) is 0. The zero-order valence-electron chi connectivity index (χ0n) is 4.66. The van der Waals surface area contributed by atoms with E-state index in [2.05, 4.69) is 9.47 Å². The van der Waals surface area contributed by atoms with Gasteiger partial charge in [0.1, 0.15) is 6.61 Å². The molecule has 54 valence electrons. The zero-order valence-corrected chi connectivity index (χ0v) is 4.66. The van der Waals surface area contributed by atoms with Crippen molar-refractivity contribution in [2.24, 2.45) is 0 Å². The zero-order chi connectivity index (χ0) is 7.12. The van der Waals surface area contributed by atoms with Gasteiger partial charge < -0.3 is 9.47 Å². The lowest BCUT2D eigenvalue weighted by molar-refractivity contribution is -0.479. The summed E-state index contributed by atoms with van der Waals surface area (Å²) in [6.07, 6.45) is 0. The first-order chi connectivity index (χ1) is 4.02. The van der Waals surface area contributed by atoms with Crippen molar-refractivity contribution in [3.8, 4) is 0 Å². The van der Waals surface area contributed by atoms with E-state index in [1.165, 1.54) is 0 Å². The molecule has 1 heterocycles. The molecule has 0 saturated carbocycles. The molecule has 5 heteroatoms. The van der Waals surface area contributed by atoms with Gasteiger partial charge in [-0.15, -0.1) is 0 Å². The number of halogens is 3. The van der Waals surface area contributed by atoms with Crippen molar-refractivity contribution in [1.82, 2.24) is 0 Å². The smallest absolute Gasteiger partial charge is 0.322 e. The minimum absolute atomic E-state index is 0.826. The van der Waals surface area contributed by atoms with Crippen molar-refractivity contribution in [1.29, 1.82) is 0 Å². The number of rotatable bonds is 1. The van der Waals surface area contributed by atoms with Crippen molar-refractivity contribution in [2.45, 2.75) is 12.0 Å². The van der Waals surface area contributed by atoms with Gasteiger partial charge in [-0.2, -0.15) is 13.2 Å². The summed E-state index contributed by atoms with van der Waals surface area (Å²) in [6.45, 7) is -0.905. The van der Waals surface area contributed by atoms with E-state index in [9.17, 15) is 13.2 Å². The second kappa shape index (κ2) is 1.60. The van der Waals surface area contributed by atoms with Crippen molar-refractivity contribution in [2.75, 3.05) is 13.7 Å². The van der Waals surface area contributed by atoms with E-state index in [-0.39, 0.29) is 0 Å². The second-order valence-corrected chi connectivity index (χ2v) is 1.73. The topological polar surface area (TPSA) is 18.5 Å². The largest absolute Gasteiger partial charge is 0.388 e. The van der Waals surface area contributed by atoms with Gasteiger partial charge >= 0.3 is 12.0 Å². The van der Waals surface area contributed by atoms with Crippen molar-refractivity contribution >= 4 is 0 Å². The van der Waals surface area contributed by atoms with E-state index < -0.39 is 18.6 Å². The molecule has 0 aromatic rings. The fraction of sp³-hybridized carbons (Fsp3) is 1.00. The van der Waals surface area contributed by atoms with Crippen LogP contribution in [0.15, 0.2) is 0 Å². The van der Waals surface area contributed by atoms with Gasteiger partial charge in [0.2, 0.25) is 0 Å². The average molecular weight is 142 g/mol. The predicted octanol–water partition coefficient (Wildman–Crippen LogP) is 0.922. The Morgan fingerprint density at radius 1 is 1.44 bits per heavy atom. The first-order valence-electron chi connectivity index (χ1n) is 2.28. The monoisotopic (exact) mass is 142 g/mol. The van der Waals surface area contributed by atoms with Gasteiger partial charge in [0, 0.05) is 7.11 Å². The summed E-state index contributed by atoms with van der Waals surface area (Å²) in [6, 6.07) is -3.17. The molecule has 9 heavy (non-hydrogen) atoms. The molecule has 0 aromatic heterocycles. The van der Waals surface area contributed by atoms with Gasteiger partial charge in [-0.25, -0.2) is 0 Å². The lowest BCUT2D eigenvalue weighted by atomic mass is 10.2. The predicted molar refractivity (Wildman–Crippen MR) is 21.7 cm³/mol. The van der Waals surface area contributed by atoms with Gasteiger partial charge in [0.15, 0.2) is 0 Å². The van der Waals surface area contributed by atoms with Crippen LogP contribution < -0.4 is 0 Å². The molecule has 0 N–H and O–H groups in total. The molecule has 1 atom stereocenters. The number of hydrogen-bond donors (Lipinski definition) is 0. The highest BCUT2D eigenvalue weighted by atomic mass is 19.3. The SMILES string of the molecule is COC1(F)OCC1(F)F. The first-order valence-corrected chi connectivity index (χ1v) is 2.28. The van der Waals surface area contributed by atoms with E-state index in [4.69, 9.17) is 0 Å². The van der Waals surface area contributed by atoms with E-state index in [1.54, 1.807) is 0 Å². The molecule has 1 unspecified atom stereocenters. The molecule has 0 amide bonds. The third-order valence-corrected chi connectivity index (χ3v) is 1.14. The molecule has 0 aromatic carbocycles. The van der Waals surface area contributed by atoms with Gasteiger partial charge in [0.05, 0.1) is 0 Å². The molecule has 1 aliphatic rings. The summed E-state index contributed by atoms with van der Waals surface area (Å²) in [7, 11) is 0.826. The van der Waals surface area contributed by atoms with Crippen molar-refractivity contribution < 1.29 is 22.6 Å². The minimum atomic E-state index is -3.48. The fourth-order valence-electron chi connectivity index (χ4n) is 0.503. The quantitative estimate of drug-likeness (QED) is 0.542. The van der Waals surface area contributed by atoms with Gasteiger partial charge in [-0.3, -0.25) is 0 Å². The standard InChI is InChI=1S/C4H5F3O2/c1-8-4(7)3(5,6)2-9-4/h2H2,1H3. The van der Waals surface area contributed by atoms with Crippen LogP contribution in [-0.2, 0) is 9.47 Å². The maximum atomic E-state index is 12.2. The second-order valence-electron chi connectivity index (χ2n) is 1.73. The molecular weight excluding hydrogens is 137 g/mol. The number of ether oxygens (including phenoxy) is 2. The third-order valence-electron chi connectivity index (χ3n) is 1.14. The number of alkyl halides is 3. The highest BCUT2D eigenvalue weighted by Gasteiger charge is 2.67. The molecule has 1 fully saturated rings. The van der Waals surface area contributed by atoms with E-state index in [0.717, 1.165) is 7.11 Å². The maximum Gasteiger partial charge on any atom is 0.388 e. The highest BCUT2D eigenvalue weighted by molar-refractivity contribution is 4.86. The minimum Gasteiger partial charge on any atom is -0.322 e. The summed E-state index contributed by atoms with van der Waals surface area (Å²) in [4.78, 5) is 0. The Balaban J connectivity index is 2.62. The molecule has 1 saturated heterocycles. The van der Waals surface area contributed by atoms with Gasteiger partial charge in [-0.1, -0.05) is 0 Å². The number of methoxy groups -OCH3 is 1. The van der Waals surface area contributed by atoms with Crippen LogP contribution in [0, 0.1) is 0 Å². The van der Waals surface area contributed by atoms with Crippen LogP contribution in [0.1, 0.15) is 0 Å². The Hall–Kier alpha value is -0.290. The summed E-state index contributed by atoms with van der Waals surface area (Å²) in [5.74, 6) is -3.48. The molecule has 0 radical (unpaired) electrons. The maximum absolute atomic E-state index is 12.2. The molecule has 1 rings (SSSR count). The van der Waals surface area contributed by atoms with Gasteiger partial charge in [0.25, 0.3) is 0 Å². The Kier molecular flexibility index (Phi) is 1.22.